The lowest BCUT2D eigenvalue weighted by atomic mass is 10.2. The van der Waals surface area contributed by atoms with E-state index < -0.39 is 11.7 Å². The Bertz CT molecular complexity index is 591. The number of amides is 1. The average Bonchev–Trinajstić information content (AvgIpc) is 2.65. The first-order chi connectivity index (χ1) is 8.50. The number of carbonyl (C=O) groups is 1. The molecule has 1 heterocycles. The summed E-state index contributed by atoms with van der Waals surface area (Å²) in [4.78, 5) is 11.9. The van der Waals surface area contributed by atoms with E-state index in [4.69, 9.17) is 17.3 Å². The first-order valence-electron chi connectivity index (χ1n) is 5.06. The van der Waals surface area contributed by atoms with E-state index >= 15 is 0 Å². The van der Waals surface area contributed by atoms with E-state index in [1.165, 1.54) is 18.2 Å². The summed E-state index contributed by atoms with van der Waals surface area (Å²) in [6, 6.07) is 4.11. The van der Waals surface area contributed by atoms with Gasteiger partial charge in [-0.3, -0.25) is 9.89 Å². The number of anilines is 2. The summed E-state index contributed by atoms with van der Waals surface area (Å²) in [6.07, 6.45) is 0. The first-order valence-corrected chi connectivity index (χ1v) is 5.44. The van der Waals surface area contributed by atoms with Gasteiger partial charge in [0.1, 0.15) is 5.82 Å². The molecular formula is C11H10ClFN4O. The Hall–Kier alpha value is -2.08. The Morgan fingerprint density at radius 1 is 1.56 bits per heavy atom. The molecule has 0 unspecified atom stereocenters. The molecule has 1 aromatic heterocycles. The highest BCUT2D eigenvalue weighted by Gasteiger charge is 2.18. The lowest BCUT2D eigenvalue weighted by Gasteiger charge is -2.07. The minimum absolute atomic E-state index is 0.00631. The highest BCUT2D eigenvalue weighted by Crippen LogP contribution is 2.25. The molecular weight excluding hydrogens is 259 g/mol. The van der Waals surface area contributed by atoms with Crippen LogP contribution < -0.4 is 11.1 Å². The minimum atomic E-state index is -0.623. The van der Waals surface area contributed by atoms with Crippen LogP contribution in [0.25, 0.3) is 0 Å². The fraction of sp³-hybridized carbons (Fsp3) is 0.0909. The number of nitrogens with zero attached hydrogens (tertiary/aromatic N) is 1. The van der Waals surface area contributed by atoms with Gasteiger partial charge in [-0.1, -0.05) is 17.7 Å². The zero-order chi connectivity index (χ0) is 13.3. The first kappa shape index (κ1) is 12.4. The predicted molar refractivity (Wildman–Crippen MR) is 67.1 cm³/mol. The summed E-state index contributed by atoms with van der Waals surface area (Å²) in [5.41, 5.74) is 6.36. The van der Waals surface area contributed by atoms with Crippen molar-refractivity contribution in [2.45, 2.75) is 6.92 Å². The van der Waals surface area contributed by atoms with Crippen LogP contribution in [0.2, 0.25) is 5.02 Å². The Balaban J connectivity index is 2.30. The van der Waals surface area contributed by atoms with Crippen LogP contribution in [0.15, 0.2) is 18.2 Å². The van der Waals surface area contributed by atoms with Crippen molar-refractivity contribution in [2.75, 3.05) is 11.1 Å². The summed E-state index contributed by atoms with van der Waals surface area (Å²) in [7, 11) is 0. The number of nitrogen functional groups attached to an aromatic ring is 1. The lowest BCUT2D eigenvalue weighted by molar-refractivity contribution is 0.102. The normalized spacial score (nSPS) is 10.4. The molecule has 0 aliphatic rings. The summed E-state index contributed by atoms with van der Waals surface area (Å²) >= 11 is 5.79. The van der Waals surface area contributed by atoms with Gasteiger partial charge in [-0.2, -0.15) is 5.10 Å². The number of aromatic nitrogens is 2. The van der Waals surface area contributed by atoms with Gasteiger partial charge in [0.05, 0.1) is 22.1 Å². The standard InChI is InChI=1S/C11H10ClFN4O/c1-5-8(14)10(17-16-5)11(18)15-9-6(12)3-2-4-7(9)13/h2-4H,14H2,1H3,(H,15,18)(H,16,17). The number of aromatic amines is 1. The van der Waals surface area contributed by atoms with Crippen LogP contribution in [0.4, 0.5) is 15.8 Å². The van der Waals surface area contributed by atoms with Gasteiger partial charge < -0.3 is 11.1 Å². The van der Waals surface area contributed by atoms with E-state index in [1.807, 2.05) is 0 Å². The number of nitrogens with two attached hydrogens (primary N) is 1. The molecule has 4 N–H and O–H groups in total. The van der Waals surface area contributed by atoms with Gasteiger partial charge in [-0.25, -0.2) is 4.39 Å². The average molecular weight is 269 g/mol. The molecule has 0 aliphatic heterocycles. The molecule has 0 radical (unpaired) electrons. The number of H-pyrrole nitrogens is 1. The fourth-order valence-corrected chi connectivity index (χ4v) is 1.61. The highest BCUT2D eigenvalue weighted by atomic mass is 35.5. The molecule has 1 aromatic carbocycles. The van der Waals surface area contributed by atoms with Gasteiger partial charge >= 0.3 is 0 Å². The molecule has 0 fully saturated rings. The van der Waals surface area contributed by atoms with Crippen molar-refractivity contribution < 1.29 is 9.18 Å². The van der Waals surface area contributed by atoms with E-state index in [-0.39, 0.29) is 22.1 Å². The summed E-state index contributed by atoms with van der Waals surface area (Å²) < 4.78 is 13.5. The molecule has 0 atom stereocenters. The molecule has 2 rings (SSSR count). The Morgan fingerprint density at radius 3 is 2.83 bits per heavy atom. The third-order valence-electron chi connectivity index (χ3n) is 2.41. The van der Waals surface area contributed by atoms with Crippen molar-refractivity contribution in [3.05, 3.63) is 40.4 Å². The second kappa shape index (κ2) is 4.66. The van der Waals surface area contributed by atoms with Crippen LogP contribution >= 0.6 is 11.6 Å². The molecule has 0 spiro atoms. The third-order valence-corrected chi connectivity index (χ3v) is 2.73. The minimum Gasteiger partial charge on any atom is -0.395 e. The quantitative estimate of drug-likeness (QED) is 0.782. The molecule has 0 saturated heterocycles. The Morgan fingerprint density at radius 2 is 2.28 bits per heavy atom. The van der Waals surface area contributed by atoms with Crippen molar-refractivity contribution in [1.29, 1.82) is 0 Å². The molecule has 1 amide bonds. The molecule has 0 bridgehead atoms. The summed E-state index contributed by atoms with van der Waals surface area (Å²) in [6.45, 7) is 1.68. The Kier molecular flexibility index (Phi) is 3.20. The number of halogens is 2. The topological polar surface area (TPSA) is 83.8 Å². The zero-order valence-electron chi connectivity index (χ0n) is 9.42. The van der Waals surface area contributed by atoms with Gasteiger partial charge in [0.25, 0.3) is 5.91 Å². The molecule has 7 heteroatoms. The number of hydrogen-bond donors (Lipinski definition) is 3. The zero-order valence-corrected chi connectivity index (χ0v) is 10.2. The largest absolute Gasteiger partial charge is 0.395 e. The predicted octanol–water partition coefficient (Wildman–Crippen LogP) is 2.35. The number of carbonyl (C=O) groups excluding carboxylic acids is 1. The van der Waals surface area contributed by atoms with Crippen LogP contribution in [-0.2, 0) is 0 Å². The van der Waals surface area contributed by atoms with Crippen LogP contribution in [0.5, 0.6) is 0 Å². The summed E-state index contributed by atoms with van der Waals surface area (Å²) in [5, 5.41) is 8.76. The van der Waals surface area contributed by atoms with E-state index in [9.17, 15) is 9.18 Å². The van der Waals surface area contributed by atoms with Crippen LogP contribution in [0, 0.1) is 12.7 Å². The van der Waals surface area contributed by atoms with Crippen LogP contribution in [0.3, 0.4) is 0 Å². The van der Waals surface area contributed by atoms with Gasteiger partial charge in [0.15, 0.2) is 5.69 Å². The van der Waals surface area contributed by atoms with Crippen molar-refractivity contribution >= 4 is 28.9 Å². The second-order valence-electron chi connectivity index (χ2n) is 3.66. The van der Waals surface area contributed by atoms with Crippen LogP contribution in [-0.4, -0.2) is 16.1 Å². The van der Waals surface area contributed by atoms with E-state index in [0.29, 0.717) is 5.69 Å². The number of rotatable bonds is 2. The highest BCUT2D eigenvalue weighted by molar-refractivity contribution is 6.34. The van der Waals surface area contributed by atoms with Crippen LogP contribution in [0.1, 0.15) is 16.2 Å². The maximum absolute atomic E-state index is 13.5. The fourth-order valence-electron chi connectivity index (χ4n) is 1.40. The molecule has 18 heavy (non-hydrogen) atoms. The summed E-state index contributed by atoms with van der Waals surface area (Å²) in [5.74, 6) is -1.24. The maximum atomic E-state index is 13.5. The molecule has 0 saturated carbocycles. The van der Waals surface area contributed by atoms with Crippen molar-refractivity contribution in [3.8, 4) is 0 Å². The molecule has 94 valence electrons. The second-order valence-corrected chi connectivity index (χ2v) is 4.07. The van der Waals surface area contributed by atoms with Crippen molar-refractivity contribution in [3.63, 3.8) is 0 Å². The third kappa shape index (κ3) is 2.14. The van der Waals surface area contributed by atoms with Gasteiger partial charge in [0.2, 0.25) is 0 Å². The van der Waals surface area contributed by atoms with Crippen molar-refractivity contribution in [1.82, 2.24) is 10.2 Å². The van der Waals surface area contributed by atoms with Gasteiger partial charge in [0, 0.05) is 0 Å². The van der Waals surface area contributed by atoms with E-state index in [1.54, 1.807) is 6.92 Å². The number of benzene rings is 1. The monoisotopic (exact) mass is 268 g/mol. The number of aryl methyl sites for hydroxylation is 1. The van der Waals surface area contributed by atoms with E-state index in [0.717, 1.165) is 0 Å². The van der Waals surface area contributed by atoms with Crippen molar-refractivity contribution in [2.24, 2.45) is 0 Å². The number of hydrogen-bond acceptors (Lipinski definition) is 3. The molecule has 5 nitrogen and oxygen atoms in total. The molecule has 2 aromatic rings. The molecule has 0 aliphatic carbocycles. The lowest BCUT2D eigenvalue weighted by Crippen LogP contribution is -2.15. The smallest absolute Gasteiger partial charge is 0.278 e. The number of nitrogens with one attached hydrogen (secondary N) is 2. The van der Waals surface area contributed by atoms with Gasteiger partial charge in [-0.05, 0) is 19.1 Å². The SMILES string of the molecule is Cc1[nH]nc(C(=O)Nc2c(F)cccc2Cl)c1N. The maximum Gasteiger partial charge on any atom is 0.278 e. The van der Waals surface area contributed by atoms with Gasteiger partial charge in [-0.15, -0.1) is 0 Å². The number of para-hydroxylation sites is 1. The van der Waals surface area contributed by atoms with E-state index in [2.05, 4.69) is 15.5 Å². The Labute approximate surface area is 107 Å².